The predicted octanol–water partition coefficient (Wildman–Crippen LogP) is 3.69. The lowest BCUT2D eigenvalue weighted by molar-refractivity contribution is -0.119. The number of carbonyl (C=O) groups is 1. The first-order valence-electron chi connectivity index (χ1n) is 6.76. The zero-order valence-electron chi connectivity index (χ0n) is 11.8. The van der Waals surface area contributed by atoms with E-state index in [1.807, 2.05) is 38.2 Å². The number of ketones is 1. The summed E-state index contributed by atoms with van der Waals surface area (Å²) in [6.07, 6.45) is 4.80. The van der Waals surface area contributed by atoms with Crippen molar-refractivity contribution >= 4 is 11.5 Å². The summed E-state index contributed by atoms with van der Waals surface area (Å²) in [5.74, 6) is 1.21. The van der Waals surface area contributed by atoms with E-state index in [1.165, 1.54) is 0 Å². The van der Waals surface area contributed by atoms with Gasteiger partial charge in [0.25, 0.3) is 0 Å². The van der Waals surface area contributed by atoms with Gasteiger partial charge in [-0.15, -0.1) is 0 Å². The maximum absolute atomic E-state index is 12.0. The van der Waals surface area contributed by atoms with E-state index in [1.54, 1.807) is 7.11 Å². The summed E-state index contributed by atoms with van der Waals surface area (Å²) < 4.78 is 5.31. The number of hydrogen-bond acceptors (Lipinski definition) is 3. The van der Waals surface area contributed by atoms with Crippen molar-refractivity contribution in [2.24, 2.45) is 5.92 Å². The van der Waals surface area contributed by atoms with E-state index < -0.39 is 0 Å². The molecule has 1 aromatic rings. The van der Waals surface area contributed by atoms with Crippen molar-refractivity contribution in [3.8, 4) is 5.75 Å². The van der Waals surface area contributed by atoms with Gasteiger partial charge in [-0.25, -0.2) is 0 Å². The molecule has 1 atom stereocenters. The van der Waals surface area contributed by atoms with Crippen LogP contribution in [0.15, 0.2) is 30.0 Å². The van der Waals surface area contributed by atoms with Gasteiger partial charge in [0.1, 0.15) is 5.75 Å². The molecule has 0 radical (unpaired) electrons. The summed E-state index contributed by atoms with van der Waals surface area (Å²) in [5.41, 5.74) is 2.95. The highest BCUT2D eigenvalue weighted by molar-refractivity contribution is 5.97. The van der Waals surface area contributed by atoms with Crippen LogP contribution in [0.1, 0.15) is 31.7 Å². The molecule has 102 valence electrons. The minimum atomic E-state index is 0.154. The molecule has 3 nitrogen and oxygen atoms in total. The van der Waals surface area contributed by atoms with Gasteiger partial charge >= 0.3 is 0 Å². The standard InChI is InChI=1S/C16H21NO2/c1-11-7-8-15(19-3)14(9-11)17-10-13-6-4-5-12(2)16(13)18/h7-10,12,17H,4-6H2,1-3H3/b13-10-/t12-/m0/s1. The Balaban J connectivity index is 2.17. The average molecular weight is 259 g/mol. The number of Topliss-reactive ketones (excluding diaryl/α,β-unsaturated/α-hetero) is 1. The largest absolute Gasteiger partial charge is 0.495 e. The Morgan fingerprint density at radius 3 is 2.95 bits per heavy atom. The number of anilines is 1. The van der Waals surface area contributed by atoms with Gasteiger partial charge in [0.05, 0.1) is 12.8 Å². The smallest absolute Gasteiger partial charge is 0.163 e. The van der Waals surface area contributed by atoms with Crippen molar-refractivity contribution in [1.29, 1.82) is 0 Å². The third-order valence-corrected chi connectivity index (χ3v) is 3.60. The van der Waals surface area contributed by atoms with Gasteiger partial charge in [-0.05, 0) is 43.9 Å². The van der Waals surface area contributed by atoms with Gasteiger partial charge < -0.3 is 10.1 Å². The van der Waals surface area contributed by atoms with Crippen LogP contribution in [0.25, 0.3) is 0 Å². The molecule has 2 rings (SSSR count). The van der Waals surface area contributed by atoms with Gasteiger partial charge in [-0.2, -0.15) is 0 Å². The molecule has 1 aromatic carbocycles. The summed E-state index contributed by atoms with van der Waals surface area (Å²) in [6.45, 7) is 4.04. The van der Waals surface area contributed by atoms with Crippen LogP contribution in [-0.2, 0) is 4.79 Å². The second-order valence-electron chi connectivity index (χ2n) is 5.18. The maximum atomic E-state index is 12.0. The highest BCUT2D eigenvalue weighted by Crippen LogP contribution is 2.28. The quantitative estimate of drug-likeness (QED) is 0.841. The van der Waals surface area contributed by atoms with Crippen LogP contribution in [0.5, 0.6) is 5.75 Å². The summed E-state index contributed by atoms with van der Waals surface area (Å²) >= 11 is 0. The Morgan fingerprint density at radius 1 is 1.42 bits per heavy atom. The average Bonchev–Trinajstić information content (AvgIpc) is 2.40. The van der Waals surface area contributed by atoms with Crippen molar-refractivity contribution in [1.82, 2.24) is 0 Å². The van der Waals surface area contributed by atoms with Crippen LogP contribution < -0.4 is 10.1 Å². The number of ether oxygens (including phenoxy) is 1. The Labute approximate surface area is 114 Å². The zero-order chi connectivity index (χ0) is 13.8. The molecule has 3 heteroatoms. The number of aryl methyl sites for hydroxylation is 1. The van der Waals surface area contributed by atoms with E-state index in [9.17, 15) is 4.79 Å². The molecule has 1 aliphatic carbocycles. The SMILES string of the molecule is COc1ccc(C)cc1N/C=C1/CCC[C@H](C)C1=O. The third-order valence-electron chi connectivity index (χ3n) is 3.60. The van der Waals surface area contributed by atoms with Crippen LogP contribution in [0.2, 0.25) is 0 Å². The lowest BCUT2D eigenvalue weighted by Crippen LogP contribution is -2.19. The molecule has 1 fully saturated rings. The van der Waals surface area contributed by atoms with Crippen LogP contribution in [0.4, 0.5) is 5.69 Å². The van der Waals surface area contributed by atoms with E-state index in [2.05, 4.69) is 5.32 Å². The van der Waals surface area contributed by atoms with Gasteiger partial charge in [-0.3, -0.25) is 4.79 Å². The fourth-order valence-corrected chi connectivity index (χ4v) is 2.41. The highest BCUT2D eigenvalue weighted by Gasteiger charge is 2.22. The molecule has 0 aromatic heterocycles. The van der Waals surface area contributed by atoms with Crippen molar-refractivity contribution in [2.75, 3.05) is 12.4 Å². The van der Waals surface area contributed by atoms with Gasteiger partial charge in [-0.1, -0.05) is 13.0 Å². The molecule has 1 aliphatic rings. The summed E-state index contributed by atoms with van der Waals surface area (Å²) in [7, 11) is 1.65. The van der Waals surface area contributed by atoms with Crippen LogP contribution in [-0.4, -0.2) is 12.9 Å². The maximum Gasteiger partial charge on any atom is 0.163 e. The third kappa shape index (κ3) is 3.16. The molecule has 0 heterocycles. The van der Waals surface area contributed by atoms with Crippen LogP contribution in [0, 0.1) is 12.8 Å². The van der Waals surface area contributed by atoms with Crippen LogP contribution in [0.3, 0.4) is 0 Å². The number of rotatable bonds is 3. The second-order valence-corrected chi connectivity index (χ2v) is 5.18. The van der Waals surface area contributed by atoms with Crippen molar-refractivity contribution in [3.63, 3.8) is 0 Å². The molecule has 0 spiro atoms. The lowest BCUT2D eigenvalue weighted by atomic mass is 9.86. The molecule has 0 amide bonds. The number of allylic oxidation sites excluding steroid dienone is 1. The molecule has 0 saturated heterocycles. The number of nitrogens with one attached hydrogen (secondary N) is 1. The fraction of sp³-hybridized carbons (Fsp3) is 0.438. The summed E-state index contributed by atoms with van der Waals surface area (Å²) in [6, 6.07) is 5.96. The molecular formula is C16H21NO2. The predicted molar refractivity (Wildman–Crippen MR) is 77.5 cm³/mol. The van der Waals surface area contributed by atoms with Crippen molar-refractivity contribution < 1.29 is 9.53 Å². The lowest BCUT2D eigenvalue weighted by Gasteiger charge is -2.19. The zero-order valence-corrected chi connectivity index (χ0v) is 11.8. The van der Waals surface area contributed by atoms with E-state index >= 15 is 0 Å². The number of methoxy groups -OCH3 is 1. The van der Waals surface area contributed by atoms with Gasteiger partial charge in [0.2, 0.25) is 0 Å². The summed E-state index contributed by atoms with van der Waals surface area (Å²) in [4.78, 5) is 12.0. The van der Waals surface area contributed by atoms with Gasteiger partial charge in [0, 0.05) is 17.7 Å². The van der Waals surface area contributed by atoms with Crippen LogP contribution >= 0.6 is 0 Å². The molecular weight excluding hydrogens is 238 g/mol. The minimum Gasteiger partial charge on any atom is -0.495 e. The highest BCUT2D eigenvalue weighted by atomic mass is 16.5. The molecule has 1 N–H and O–H groups in total. The summed E-state index contributed by atoms with van der Waals surface area (Å²) in [5, 5.41) is 3.22. The molecule has 0 unspecified atom stereocenters. The normalized spacial score (nSPS) is 21.5. The monoisotopic (exact) mass is 259 g/mol. The first kappa shape index (κ1) is 13.7. The molecule has 1 saturated carbocycles. The molecule has 19 heavy (non-hydrogen) atoms. The Bertz CT molecular complexity index is 505. The fourth-order valence-electron chi connectivity index (χ4n) is 2.41. The second kappa shape index (κ2) is 5.91. The van der Waals surface area contributed by atoms with Gasteiger partial charge in [0.15, 0.2) is 5.78 Å². The minimum absolute atomic E-state index is 0.154. The molecule has 0 bridgehead atoms. The van der Waals surface area contributed by atoms with E-state index in [4.69, 9.17) is 4.74 Å². The first-order valence-corrected chi connectivity index (χ1v) is 6.76. The Hall–Kier alpha value is -1.77. The topological polar surface area (TPSA) is 38.3 Å². The first-order chi connectivity index (χ1) is 9.11. The van der Waals surface area contributed by atoms with E-state index in [0.29, 0.717) is 0 Å². The van der Waals surface area contributed by atoms with E-state index in [-0.39, 0.29) is 11.7 Å². The Morgan fingerprint density at radius 2 is 2.21 bits per heavy atom. The number of benzene rings is 1. The van der Waals surface area contributed by atoms with Crippen molar-refractivity contribution in [3.05, 3.63) is 35.5 Å². The van der Waals surface area contributed by atoms with Crippen molar-refractivity contribution in [2.45, 2.75) is 33.1 Å². The van der Waals surface area contributed by atoms with E-state index in [0.717, 1.165) is 41.8 Å². The Kier molecular flexibility index (Phi) is 4.25. The molecule has 0 aliphatic heterocycles. The number of hydrogen-bond donors (Lipinski definition) is 1. The number of carbonyl (C=O) groups excluding carboxylic acids is 1.